The largest absolute Gasteiger partial charge is 0.364 e. The van der Waals surface area contributed by atoms with E-state index in [1.165, 1.54) is 23.8 Å². The van der Waals surface area contributed by atoms with Crippen LogP contribution in [0, 0.1) is 6.92 Å². The Hall–Kier alpha value is -1.75. The second-order valence-electron chi connectivity index (χ2n) is 2.98. The van der Waals surface area contributed by atoms with E-state index in [1.807, 2.05) is 0 Å². The fraction of sp³-hybridized carbons (Fsp3) is 0.100. The number of nitrogens with zero attached hydrogens (tertiary/aromatic N) is 1. The van der Waals surface area contributed by atoms with Crippen LogP contribution in [0.5, 0.6) is 0 Å². The van der Waals surface area contributed by atoms with Crippen LogP contribution in [0.4, 0.5) is 0 Å². The van der Waals surface area contributed by atoms with Crippen molar-refractivity contribution in [2.75, 3.05) is 0 Å². The van der Waals surface area contributed by atoms with E-state index in [-0.39, 0.29) is 5.78 Å². The van der Waals surface area contributed by atoms with Gasteiger partial charge in [-0.1, -0.05) is 5.16 Å². The van der Waals surface area contributed by atoms with Gasteiger partial charge in [0.1, 0.15) is 6.26 Å². The number of hydrogen-bond donors (Lipinski definition) is 0. The number of aromatic nitrogens is 1. The Bertz CT molecular complexity index is 499. The maximum atomic E-state index is 11.8. The maximum Gasteiger partial charge on any atom is 0.207 e. The van der Waals surface area contributed by atoms with E-state index in [0.29, 0.717) is 16.0 Å². The summed E-state index contributed by atoms with van der Waals surface area (Å²) in [7, 11) is 0. The van der Waals surface area contributed by atoms with Gasteiger partial charge in [-0.15, -0.1) is 11.3 Å². The predicted molar refractivity (Wildman–Crippen MR) is 54.4 cm³/mol. The zero-order valence-electron chi connectivity index (χ0n) is 7.89. The first-order chi connectivity index (χ1) is 7.22. The van der Waals surface area contributed by atoms with E-state index >= 15 is 0 Å². The topological polar surface area (TPSA) is 60.2 Å². The lowest BCUT2D eigenvalue weighted by Gasteiger charge is -1.88. The Morgan fingerprint density at radius 3 is 2.93 bits per heavy atom. The molecule has 0 aliphatic rings. The molecule has 0 aliphatic carbocycles. The molecule has 2 aromatic rings. The zero-order valence-corrected chi connectivity index (χ0v) is 8.71. The molecule has 0 aromatic carbocycles. The van der Waals surface area contributed by atoms with Gasteiger partial charge in [-0.05, 0) is 13.0 Å². The highest BCUT2D eigenvalue weighted by Crippen LogP contribution is 2.22. The molecule has 0 unspecified atom stereocenters. The lowest BCUT2D eigenvalue weighted by atomic mass is 10.2. The number of aldehydes is 1. The number of carbonyl (C=O) groups is 2. The lowest BCUT2D eigenvalue weighted by molar-refractivity contribution is 0.104. The van der Waals surface area contributed by atoms with Crippen LogP contribution < -0.4 is 0 Å². The van der Waals surface area contributed by atoms with Gasteiger partial charge in [0.2, 0.25) is 5.78 Å². The van der Waals surface area contributed by atoms with E-state index in [2.05, 4.69) is 9.68 Å². The SMILES string of the molecule is Cc1sc(C(=O)c2cnoc2)cc1C=O. The molecule has 0 radical (unpaired) electrons. The molecule has 0 N–H and O–H groups in total. The van der Waals surface area contributed by atoms with Crippen molar-refractivity contribution >= 4 is 23.4 Å². The summed E-state index contributed by atoms with van der Waals surface area (Å²) in [5, 5.41) is 3.46. The Balaban J connectivity index is 2.38. The third-order valence-electron chi connectivity index (χ3n) is 2.00. The van der Waals surface area contributed by atoms with Gasteiger partial charge in [0.05, 0.1) is 16.6 Å². The Morgan fingerprint density at radius 1 is 1.60 bits per heavy atom. The molecule has 2 aromatic heterocycles. The number of aryl methyl sites for hydroxylation is 1. The first kappa shape index (κ1) is 9.79. The summed E-state index contributed by atoms with van der Waals surface area (Å²) in [5.74, 6) is -0.169. The fourth-order valence-corrected chi connectivity index (χ4v) is 2.14. The van der Waals surface area contributed by atoms with Crippen LogP contribution in [-0.2, 0) is 0 Å². The number of hydrogen-bond acceptors (Lipinski definition) is 5. The van der Waals surface area contributed by atoms with Crippen molar-refractivity contribution in [2.45, 2.75) is 6.92 Å². The van der Waals surface area contributed by atoms with Crippen LogP contribution in [0.15, 0.2) is 23.0 Å². The molecular formula is C10H7NO3S. The molecule has 0 atom stereocenters. The third kappa shape index (κ3) is 1.73. The molecule has 5 heteroatoms. The van der Waals surface area contributed by atoms with Crippen molar-refractivity contribution in [2.24, 2.45) is 0 Å². The molecular weight excluding hydrogens is 214 g/mol. The molecule has 15 heavy (non-hydrogen) atoms. The highest BCUT2D eigenvalue weighted by Gasteiger charge is 2.15. The Kier molecular flexibility index (Phi) is 2.47. The van der Waals surface area contributed by atoms with Crippen molar-refractivity contribution in [1.29, 1.82) is 0 Å². The Morgan fingerprint density at radius 2 is 2.40 bits per heavy atom. The van der Waals surface area contributed by atoms with Crippen LogP contribution in [0.25, 0.3) is 0 Å². The van der Waals surface area contributed by atoms with E-state index in [9.17, 15) is 9.59 Å². The highest BCUT2D eigenvalue weighted by atomic mass is 32.1. The van der Waals surface area contributed by atoms with Crippen LogP contribution in [0.2, 0.25) is 0 Å². The number of rotatable bonds is 3. The third-order valence-corrected chi connectivity index (χ3v) is 3.07. The standard InChI is InChI=1S/C10H7NO3S/c1-6-7(4-12)2-9(15-6)10(13)8-3-11-14-5-8/h2-5H,1H3. The second-order valence-corrected chi connectivity index (χ2v) is 4.24. The summed E-state index contributed by atoms with van der Waals surface area (Å²) in [6, 6.07) is 1.59. The molecule has 76 valence electrons. The van der Waals surface area contributed by atoms with Crippen LogP contribution >= 0.6 is 11.3 Å². The van der Waals surface area contributed by atoms with Crippen LogP contribution in [0.1, 0.15) is 30.5 Å². The van der Waals surface area contributed by atoms with Gasteiger partial charge in [-0.2, -0.15) is 0 Å². The molecule has 0 saturated heterocycles. The number of ketones is 1. The average molecular weight is 221 g/mol. The van der Waals surface area contributed by atoms with Gasteiger partial charge in [-0.3, -0.25) is 9.59 Å². The van der Waals surface area contributed by atoms with E-state index in [4.69, 9.17) is 0 Å². The predicted octanol–water partition coefficient (Wildman–Crippen LogP) is 2.09. The van der Waals surface area contributed by atoms with E-state index in [1.54, 1.807) is 13.0 Å². The van der Waals surface area contributed by atoms with Crippen LogP contribution in [-0.4, -0.2) is 17.2 Å². The minimum Gasteiger partial charge on any atom is -0.364 e. The van der Waals surface area contributed by atoms with Crippen molar-refractivity contribution in [3.8, 4) is 0 Å². The molecule has 0 bridgehead atoms. The van der Waals surface area contributed by atoms with Gasteiger partial charge in [0, 0.05) is 10.4 Å². The maximum absolute atomic E-state index is 11.8. The van der Waals surface area contributed by atoms with E-state index < -0.39 is 0 Å². The van der Waals surface area contributed by atoms with Gasteiger partial charge in [0.15, 0.2) is 6.29 Å². The first-order valence-corrected chi connectivity index (χ1v) is 5.03. The summed E-state index contributed by atoms with van der Waals surface area (Å²) in [6.45, 7) is 1.80. The van der Waals surface area contributed by atoms with Crippen molar-refractivity contribution < 1.29 is 14.1 Å². The fourth-order valence-electron chi connectivity index (χ4n) is 1.18. The minimum absolute atomic E-state index is 0.169. The molecule has 4 nitrogen and oxygen atoms in total. The summed E-state index contributed by atoms with van der Waals surface area (Å²) < 4.78 is 4.58. The lowest BCUT2D eigenvalue weighted by Crippen LogP contribution is -1.95. The zero-order chi connectivity index (χ0) is 10.8. The van der Waals surface area contributed by atoms with Gasteiger partial charge in [0.25, 0.3) is 0 Å². The van der Waals surface area contributed by atoms with Crippen LogP contribution in [0.3, 0.4) is 0 Å². The first-order valence-electron chi connectivity index (χ1n) is 4.22. The molecule has 2 heterocycles. The minimum atomic E-state index is -0.169. The van der Waals surface area contributed by atoms with Crippen molar-refractivity contribution in [3.63, 3.8) is 0 Å². The smallest absolute Gasteiger partial charge is 0.207 e. The molecule has 0 spiro atoms. The number of carbonyl (C=O) groups excluding carboxylic acids is 2. The van der Waals surface area contributed by atoms with E-state index in [0.717, 1.165) is 11.2 Å². The monoisotopic (exact) mass is 221 g/mol. The molecule has 0 saturated carbocycles. The molecule has 0 amide bonds. The molecule has 0 fully saturated rings. The van der Waals surface area contributed by atoms with Gasteiger partial charge in [-0.25, -0.2) is 0 Å². The number of thiophene rings is 1. The summed E-state index contributed by atoms with van der Waals surface area (Å²) in [6.07, 6.45) is 3.40. The Labute approximate surface area is 89.5 Å². The average Bonchev–Trinajstić information content (AvgIpc) is 2.85. The highest BCUT2D eigenvalue weighted by molar-refractivity contribution is 7.14. The summed E-state index contributed by atoms with van der Waals surface area (Å²) in [5.41, 5.74) is 0.952. The quantitative estimate of drug-likeness (QED) is 0.588. The van der Waals surface area contributed by atoms with Gasteiger partial charge >= 0.3 is 0 Å². The summed E-state index contributed by atoms with van der Waals surface area (Å²) in [4.78, 5) is 23.8. The molecule has 0 aliphatic heterocycles. The van der Waals surface area contributed by atoms with Crippen molar-refractivity contribution in [1.82, 2.24) is 5.16 Å². The second kappa shape index (κ2) is 3.78. The van der Waals surface area contributed by atoms with Crippen molar-refractivity contribution in [3.05, 3.63) is 39.4 Å². The summed E-state index contributed by atoms with van der Waals surface area (Å²) >= 11 is 1.30. The molecule has 2 rings (SSSR count). The normalized spacial score (nSPS) is 10.2. The van der Waals surface area contributed by atoms with Gasteiger partial charge < -0.3 is 4.52 Å².